The fraction of sp³-hybridized carbons (Fsp3) is 0.692. The lowest BCUT2D eigenvalue weighted by Gasteiger charge is -2.15. The Morgan fingerprint density at radius 3 is 2.76 bits per heavy atom. The van der Waals surface area contributed by atoms with Crippen molar-refractivity contribution in [3.63, 3.8) is 0 Å². The van der Waals surface area contributed by atoms with E-state index in [-0.39, 0.29) is 11.9 Å². The zero-order chi connectivity index (χ0) is 15.0. The lowest BCUT2D eigenvalue weighted by atomic mass is 10.1. The second-order valence-electron chi connectivity index (χ2n) is 5.85. The van der Waals surface area contributed by atoms with Crippen LogP contribution in [0.25, 0.3) is 0 Å². The average molecular weight is 310 g/mol. The molecule has 21 heavy (non-hydrogen) atoms. The topological polar surface area (TPSA) is 114 Å². The molecule has 1 amide bonds. The number of likely N-dealkylation sites (tertiary alicyclic amines) is 1. The minimum absolute atomic E-state index is 0.0179. The molecule has 6 N–H and O–H groups in total. The van der Waals surface area contributed by atoms with Crippen molar-refractivity contribution < 1.29 is 4.79 Å². The maximum atomic E-state index is 12.6. The van der Waals surface area contributed by atoms with Gasteiger partial charge in [-0.3, -0.25) is 4.79 Å². The molecule has 0 saturated carbocycles. The van der Waals surface area contributed by atoms with Gasteiger partial charge in [-0.25, -0.2) is 4.98 Å². The summed E-state index contributed by atoms with van der Waals surface area (Å²) >= 11 is 1.37. The quantitative estimate of drug-likeness (QED) is 0.705. The molecule has 0 spiro atoms. The van der Waals surface area contributed by atoms with Crippen molar-refractivity contribution in [2.24, 2.45) is 17.4 Å². The summed E-state index contributed by atoms with van der Waals surface area (Å²) in [5.41, 5.74) is 17.5. The molecule has 8 heteroatoms. The van der Waals surface area contributed by atoms with Crippen LogP contribution in [0.2, 0.25) is 0 Å². The van der Waals surface area contributed by atoms with Crippen LogP contribution in [0.3, 0.4) is 0 Å². The summed E-state index contributed by atoms with van der Waals surface area (Å²) in [6.07, 6.45) is 1.92. The first-order chi connectivity index (χ1) is 10.1. The summed E-state index contributed by atoms with van der Waals surface area (Å²) < 4.78 is 0. The second-order valence-corrected chi connectivity index (χ2v) is 6.82. The number of nitrogens with two attached hydrogens (primary N) is 3. The van der Waals surface area contributed by atoms with Crippen molar-refractivity contribution in [2.45, 2.75) is 18.9 Å². The molecule has 0 aliphatic carbocycles. The Balaban J connectivity index is 1.73. The first kappa shape index (κ1) is 14.6. The van der Waals surface area contributed by atoms with Crippen LogP contribution in [0.5, 0.6) is 0 Å². The molecule has 0 bridgehead atoms. The molecule has 0 aromatic carbocycles. The Kier molecular flexibility index (Phi) is 4.01. The number of nitrogen functional groups attached to an aromatic ring is 1. The highest BCUT2D eigenvalue weighted by Crippen LogP contribution is 2.32. The Morgan fingerprint density at radius 2 is 2.14 bits per heavy atom. The molecule has 3 heterocycles. The van der Waals surface area contributed by atoms with Crippen LogP contribution in [0.4, 0.5) is 10.9 Å². The fourth-order valence-corrected chi connectivity index (χ4v) is 3.91. The number of rotatable bonds is 3. The third-order valence-corrected chi connectivity index (χ3v) is 5.36. The minimum Gasteiger partial charge on any atom is -0.382 e. The van der Waals surface area contributed by atoms with Gasteiger partial charge in [0.2, 0.25) is 0 Å². The number of anilines is 2. The molecule has 2 aliphatic heterocycles. The molecule has 2 saturated heterocycles. The van der Waals surface area contributed by atoms with Crippen LogP contribution < -0.4 is 22.1 Å². The van der Waals surface area contributed by atoms with Gasteiger partial charge < -0.3 is 27.0 Å². The van der Waals surface area contributed by atoms with Gasteiger partial charge in [-0.1, -0.05) is 11.3 Å². The maximum absolute atomic E-state index is 12.6. The highest BCUT2D eigenvalue weighted by atomic mass is 32.1. The Labute approximate surface area is 128 Å². The smallest absolute Gasteiger partial charge is 0.267 e. The summed E-state index contributed by atoms with van der Waals surface area (Å²) in [7, 11) is 0. The monoisotopic (exact) mass is 310 g/mol. The van der Waals surface area contributed by atoms with E-state index in [2.05, 4.69) is 9.88 Å². The predicted octanol–water partition coefficient (Wildman–Crippen LogP) is -0.316. The van der Waals surface area contributed by atoms with Gasteiger partial charge in [-0.15, -0.1) is 0 Å². The Hall–Kier alpha value is -1.38. The van der Waals surface area contributed by atoms with Gasteiger partial charge >= 0.3 is 0 Å². The number of hydrogen-bond acceptors (Lipinski definition) is 7. The standard InChI is InChI=1S/C13H22N6OS/c14-5-8-1-3-18(6-8)12(20)10-11(16)17-13(21-10)19-4-2-9(15)7-19/h8-9H,1-7,14-16H2. The molecule has 7 nitrogen and oxygen atoms in total. The van der Waals surface area contributed by atoms with Crippen LogP contribution in [0, 0.1) is 5.92 Å². The van der Waals surface area contributed by atoms with Gasteiger partial charge in [-0.05, 0) is 25.3 Å². The number of thiazole rings is 1. The summed E-state index contributed by atoms with van der Waals surface area (Å²) in [4.78, 5) is 21.4. The van der Waals surface area contributed by atoms with Crippen molar-refractivity contribution in [1.29, 1.82) is 0 Å². The lowest BCUT2D eigenvalue weighted by Crippen LogP contribution is -2.29. The molecular weight excluding hydrogens is 288 g/mol. The summed E-state index contributed by atoms with van der Waals surface area (Å²) in [5, 5.41) is 0.804. The van der Waals surface area contributed by atoms with Crippen LogP contribution in [0.15, 0.2) is 0 Å². The van der Waals surface area contributed by atoms with E-state index in [0.717, 1.165) is 44.2 Å². The highest BCUT2D eigenvalue weighted by molar-refractivity contribution is 7.18. The number of hydrogen-bond donors (Lipinski definition) is 3. The van der Waals surface area contributed by atoms with Crippen molar-refractivity contribution >= 4 is 28.2 Å². The summed E-state index contributed by atoms with van der Waals surface area (Å²) in [6, 6.07) is 0.179. The molecule has 2 unspecified atom stereocenters. The number of nitrogens with zero attached hydrogens (tertiary/aromatic N) is 3. The van der Waals surface area contributed by atoms with Crippen LogP contribution >= 0.6 is 11.3 Å². The van der Waals surface area contributed by atoms with Gasteiger partial charge in [0.1, 0.15) is 10.7 Å². The van der Waals surface area contributed by atoms with E-state index < -0.39 is 0 Å². The third-order valence-electron chi connectivity index (χ3n) is 4.24. The maximum Gasteiger partial charge on any atom is 0.267 e. The van der Waals surface area contributed by atoms with E-state index in [1.807, 2.05) is 4.90 Å². The molecule has 3 rings (SSSR count). The SMILES string of the molecule is NCC1CCN(C(=O)c2sc(N3CCC(N)C3)nc2N)C1. The van der Waals surface area contributed by atoms with Crippen molar-refractivity contribution in [3.05, 3.63) is 4.88 Å². The van der Waals surface area contributed by atoms with Crippen molar-refractivity contribution in [3.8, 4) is 0 Å². The average Bonchev–Trinajstić information content (AvgIpc) is 3.17. The largest absolute Gasteiger partial charge is 0.382 e. The summed E-state index contributed by atoms with van der Waals surface area (Å²) in [6.45, 7) is 3.75. The predicted molar refractivity (Wildman–Crippen MR) is 84.4 cm³/mol. The van der Waals surface area contributed by atoms with E-state index in [0.29, 0.717) is 23.2 Å². The van der Waals surface area contributed by atoms with Gasteiger partial charge in [0.05, 0.1) is 0 Å². The molecule has 2 fully saturated rings. The van der Waals surface area contributed by atoms with E-state index >= 15 is 0 Å². The molecule has 2 aliphatic rings. The number of aromatic nitrogens is 1. The first-order valence-electron chi connectivity index (χ1n) is 7.34. The third kappa shape index (κ3) is 2.83. The minimum atomic E-state index is -0.0179. The van der Waals surface area contributed by atoms with Gasteiger partial charge in [0.25, 0.3) is 5.91 Å². The molecule has 0 radical (unpaired) electrons. The van der Waals surface area contributed by atoms with Crippen LogP contribution in [-0.2, 0) is 0 Å². The number of carbonyl (C=O) groups is 1. The molecule has 2 atom stereocenters. The molecule has 1 aromatic heterocycles. The van der Waals surface area contributed by atoms with E-state index in [9.17, 15) is 4.79 Å². The van der Waals surface area contributed by atoms with E-state index in [1.165, 1.54) is 11.3 Å². The number of amides is 1. The van der Waals surface area contributed by atoms with E-state index in [4.69, 9.17) is 17.2 Å². The normalized spacial score (nSPS) is 25.8. The zero-order valence-electron chi connectivity index (χ0n) is 12.0. The molecule has 1 aromatic rings. The molecular formula is C13H22N6OS. The van der Waals surface area contributed by atoms with Crippen LogP contribution in [-0.4, -0.2) is 54.6 Å². The zero-order valence-corrected chi connectivity index (χ0v) is 12.8. The first-order valence-corrected chi connectivity index (χ1v) is 8.16. The van der Waals surface area contributed by atoms with Gasteiger partial charge in [-0.2, -0.15) is 0 Å². The van der Waals surface area contributed by atoms with E-state index in [1.54, 1.807) is 0 Å². The molecule has 116 valence electrons. The Morgan fingerprint density at radius 1 is 1.33 bits per heavy atom. The second kappa shape index (κ2) is 5.78. The van der Waals surface area contributed by atoms with Crippen molar-refractivity contribution in [1.82, 2.24) is 9.88 Å². The van der Waals surface area contributed by atoms with Crippen molar-refractivity contribution in [2.75, 3.05) is 43.4 Å². The number of carbonyl (C=O) groups excluding carboxylic acids is 1. The fourth-order valence-electron chi connectivity index (χ4n) is 2.92. The highest BCUT2D eigenvalue weighted by Gasteiger charge is 2.30. The van der Waals surface area contributed by atoms with Gasteiger partial charge in [0.15, 0.2) is 5.13 Å². The van der Waals surface area contributed by atoms with Gasteiger partial charge in [0, 0.05) is 32.2 Å². The Bertz CT molecular complexity index is 533. The summed E-state index contributed by atoms with van der Waals surface area (Å²) in [5.74, 6) is 0.714. The van der Waals surface area contributed by atoms with Crippen LogP contribution in [0.1, 0.15) is 22.5 Å². The lowest BCUT2D eigenvalue weighted by molar-refractivity contribution is 0.0793.